The minimum Gasteiger partial charge on any atom is -0.505 e. The van der Waals surface area contributed by atoms with Crippen molar-refractivity contribution >= 4 is 17.4 Å². The van der Waals surface area contributed by atoms with Crippen LogP contribution in [0.2, 0.25) is 0 Å². The number of benzene rings is 2. The number of nitrogens with two attached hydrogens (primary N) is 1. The smallest absolute Gasteiger partial charge is 0.152 e. The summed E-state index contributed by atoms with van der Waals surface area (Å²) in [5.41, 5.74) is 7.19. The predicted molar refractivity (Wildman–Crippen MR) is 67.8 cm³/mol. The molecule has 2 aromatic carbocycles. The van der Waals surface area contributed by atoms with Crippen LogP contribution in [0.4, 0.5) is 5.69 Å². The second-order valence-electron chi connectivity index (χ2n) is 3.62. The second-order valence-corrected chi connectivity index (χ2v) is 4.73. The SMILES string of the molecule is Cc1cc(N)c(O)c(Sc2ccccc2)c1. The zero-order valence-corrected chi connectivity index (χ0v) is 9.79. The summed E-state index contributed by atoms with van der Waals surface area (Å²) in [5.74, 6) is 0.166. The summed E-state index contributed by atoms with van der Waals surface area (Å²) < 4.78 is 0. The molecule has 3 N–H and O–H groups in total. The lowest BCUT2D eigenvalue weighted by Gasteiger charge is -2.08. The molecule has 82 valence electrons. The predicted octanol–water partition coefficient (Wildman–Crippen LogP) is 3.43. The van der Waals surface area contributed by atoms with E-state index >= 15 is 0 Å². The normalized spacial score (nSPS) is 10.3. The molecule has 0 aliphatic rings. The van der Waals surface area contributed by atoms with Crippen molar-refractivity contribution in [3.8, 4) is 5.75 Å². The molecule has 2 nitrogen and oxygen atoms in total. The maximum Gasteiger partial charge on any atom is 0.152 e. The summed E-state index contributed by atoms with van der Waals surface area (Å²) in [7, 11) is 0. The van der Waals surface area contributed by atoms with E-state index in [9.17, 15) is 5.11 Å². The molecular formula is C13H13NOS. The maximum atomic E-state index is 9.84. The van der Waals surface area contributed by atoms with Crippen LogP contribution in [0.5, 0.6) is 5.75 Å². The van der Waals surface area contributed by atoms with Crippen molar-refractivity contribution < 1.29 is 5.11 Å². The van der Waals surface area contributed by atoms with Gasteiger partial charge in [-0.15, -0.1) is 0 Å². The molecule has 0 saturated carbocycles. The molecule has 0 aliphatic carbocycles. The molecule has 16 heavy (non-hydrogen) atoms. The number of phenolic OH excluding ortho intramolecular Hbond substituents is 1. The Balaban J connectivity index is 2.35. The van der Waals surface area contributed by atoms with Crippen LogP contribution in [0.1, 0.15) is 5.56 Å². The first-order valence-electron chi connectivity index (χ1n) is 4.99. The third kappa shape index (κ3) is 2.31. The van der Waals surface area contributed by atoms with Crippen molar-refractivity contribution in [2.45, 2.75) is 16.7 Å². The molecule has 0 bridgehead atoms. The molecule has 0 aliphatic heterocycles. The Morgan fingerprint density at radius 2 is 1.81 bits per heavy atom. The molecule has 2 aromatic rings. The van der Waals surface area contributed by atoms with Gasteiger partial charge in [0, 0.05) is 4.90 Å². The quantitative estimate of drug-likeness (QED) is 0.615. The highest BCUT2D eigenvalue weighted by atomic mass is 32.2. The van der Waals surface area contributed by atoms with E-state index in [2.05, 4.69) is 0 Å². The molecule has 0 unspecified atom stereocenters. The first-order chi connectivity index (χ1) is 7.66. The fourth-order valence-corrected chi connectivity index (χ4v) is 2.47. The van der Waals surface area contributed by atoms with E-state index in [0.29, 0.717) is 5.69 Å². The van der Waals surface area contributed by atoms with Crippen LogP contribution < -0.4 is 5.73 Å². The average Bonchev–Trinajstić information content (AvgIpc) is 2.27. The van der Waals surface area contributed by atoms with E-state index in [1.54, 1.807) is 6.07 Å². The zero-order valence-electron chi connectivity index (χ0n) is 8.97. The summed E-state index contributed by atoms with van der Waals surface area (Å²) in [6.07, 6.45) is 0. The highest BCUT2D eigenvalue weighted by molar-refractivity contribution is 7.99. The van der Waals surface area contributed by atoms with Crippen LogP contribution in [-0.2, 0) is 0 Å². The van der Waals surface area contributed by atoms with Gasteiger partial charge in [-0.2, -0.15) is 0 Å². The van der Waals surface area contributed by atoms with Gasteiger partial charge in [0.1, 0.15) is 0 Å². The summed E-state index contributed by atoms with van der Waals surface area (Å²) in [6.45, 7) is 1.96. The van der Waals surface area contributed by atoms with Gasteiger partial charge in [-0.3, -0.25) is 0 Å². The highest BCUT2D eigenvalue weighted by Crippen LogP contribution is 2.38. The molecule has 0 amide bonds. The topological polar surface area (TPSA) is 46.2 Å². The van der Waals surface area contributed by atoms with Crippen molar-refractivity contribution in [1.29, 1.82) is 0 Å². The van der Waals surface area contributed by atoms with Gasteiger partial charge >= 0.3 is 0 Å². The first-order valence-corrected chi connectivity index (χ1v) is 5.80. The molecule has 0 aromatic heterocycles. The molecule has 0 saturated heterocycles. The van der Waals surface area contributed by atoms with Crippen LogP contribution in [0.15, 0.2) is 52.3 Å². The summed E-state index contributed by atoms with van der Waals surface area (Å²) in [4.78, 5) is 1.88. The number of hydrogen-bond acceptors (Lipinski definition) is 3. The van der Waals surface area contributed by atoms with E-state index in [1.807, 2.05) is 43.3 Å². The Morgan fingerprint density at radius 1 is 1.12 bits per heavy atom. The Kier molecular flexibility index (Phi) is 3.06. The number of anilines is 1. The molecule has 0 atom stereocenters. The van der Waals surface area contributed by atoms with Gasteiger partial charge in [0.05, 0.1) is 10.6 Å². The fourth-order valence-electron chi connectivity index (χ4n) is 1.47. The van der Waals surface area contributed by atoms with Gasteiger partial charge in [-0.25, -0.2) is 0 Å². The third-order valence-corrected chi connectivity index (χ3v) is 3.26. The Morgan fingerprint density at radius 3 is 2.50 bits per heavy atom. The molecule has 0 fully saturated rings. The average molecular weight is 231 g/mol. The van der Waals surface area contributed by atoms with E-state index in [0.717, 1.165) is 15.4 Å². The van der Waals surface area contributed by atoms with Gasteiger partial charge in [0.2, 0.25) is 0 Å². The lowest BCUT2D eigenvalue weighted by Crippen LogP contribution is -1.88. The van der Waals surface area contributed by atoms with Crippen molar-refractivity contribution in [1.82, 2.24) is 0 Å². The number of nitrogen functional groups attached to an aromatic ring is 1. The molecule has 3 heteroatoms. The van der Waals surface area contributed by atoms with Gasteiger partial charge in [-0.1, -0.05) is 30.0 Å². The van der Waals surface area contributed by atoms with Crippen molar-refractivity contribution in [3.63, 3.8) is 0 Å². The molecule has 0 heterocycles. The van der Waals surface area contributed by atoms with Crippen molar-refractivity contribution in [3.05, 3.63) is 48.0 Å². The molecule has 0 radical (unpaired) electrons. The number of hydrogen-bond donors (Lipinski definition) is 2. The minimum atomic E-state index is 0.166. The number of phenols is 1. The van der Waals surface area contributed by atoms with Crippen LogP contribution in [0.25, 0.3) is 0 Å². The van der Waals surface area contributed by atoms with Crippen LogP contribution >= 0.6 is 11.8 Å². The van der Waals surface area contributed by atoms with E-state index in [-0.39, 0.29) is 5.75 Å². The lowest BCUT2D eigenvalue weighted by atomic mass is 10.2. The van der Waals surface area contributed by atoms with E-state index in [1.165, 1.54) is 11.8 Å². The zero-order chi connectivity index (χ0) is 11.5. The largest absolute Gasteiger partial charge is 0.505 e. The summed E-state index contributed by atoms with van der Waals surface area (Å²) in [6, 6.07) is 13.6. The van der Waals surface area contributed by atoms with Crippen molar-refractivity contribution in [2.75, 3.05) is 5.73 Å². The fraction of sp³-hybridized carbons (Fsp3) is 0.0769. The Hall–Kier alpha value is -1.61. The summed E-state index contributed by atoms with van der Waals surface area (Å²) >= 11 is 1.51. The molecule has 2 rings (SSSR count). The lowest BCUT2D eigenvalue weighted by molar-refractivity contribution is 0.465. The van der Waals surface area contributed by atoms with Gasteiger partial charge in [0.15, 0.2) is 5.75 Å². The third-order valence-electron chi connectivity index (χ3n) is 2.22. The standard InChI is InChI=1S/C13H13NOS/c1-9-7-11(14)13(15)12(8-9)16-10-5-3-2-4-6-10/h2-8,15H,14H2,1H3. The van der Waals surface area contributed by atoms with Gasteiger partial charge in [-0.05, 0) is 36.8 Å². The minimum absolute atomic E-state index is 0.166. The monoisotopic (exact) mass is 231 g/mol. The van der Waals surface area contributed by atoms with Gasteiger partial charge < -0.3 is 10.8 Å². The molecular weight excluding hydrogens is 218 g/mol. The maximum absolute atomic E-state index is 9.84. The highest BCUT2D eigenvalue weighted by Gasteiger charge is 2.07. The number of aryl methyl sites for hydroxylation is 1. The number of rotatable bonds is 2. The van der Waals surface area contributed by atoms with Crippen LogP contribution in [0.3, 0.4) is 0 Å². The van der Waals surface area contributed by atoms with Gasteiger partial charge in [0.25, 0.3) is 0 Å². The number of aromatic hydroxyl groups is 1. The van der Waals surface area contributed by atoms with E-state index in [4.69, 9.17) is 5.73 Å². The summed E-state index contributed by atoms with van der Waals surface area (Å²) in [5, 5.41) is 9.84. The second kappa shape index (κ2) is 4.49. The molecule has 0 spiro atoms. The Bertz CT molecular complexity index is 497. The first kappa shape index (κ1) is 10.9. The van der Waals surface area contributed by atoms with Crippen LogP contribution in [-0.4, -0.2) is 5.11 Å². The Labute approximate surface area is 99.1 Å². The van der Waals surface area contributed by atoms with Crippen molar-refractivity contribution in [2.24, 2.45) is 0 Å². The van der Waals surface area contributed by atoms with Crippen LogP contribution in [0, 0.1) is 6.92 Å². The van der Waals surface area contributed by atoms with E-state index < -0.39 is 0 Å².